The van der Waals surface area contributed by atoms with E-state index in [1.54, 1.807) is 41.0 Å². The molecule has 0 aliphatic rings. The van der Waals surface area contributed by atoms with Crippen LogP contribution in [0.5, 0.6) is 0 Å². The molecule has 1 N–H and O–H groups in total. The molecule has 3 aromatic carbocycles. The SMILES string of the molecule is COC(=O)c1ccc(CNC(=O)CSc2nc3ccccc3c(=O)n2-c2ccccc2C(C)C)cc1. The molecule has 4 aromatic rings. The van der Waals surface area contributed by atoms with Crippen molar-refractivity contribution in [3.8, 4) is 5.69 Å². The lowest BCUT2D eigenvalue weighted by Crippen LogP contribution is -2.26. The number of fused-ring (bicyclic) bond motifs is 1. The van der Waals surface area contributed by atoms with Gasteiger partial charge in [0.05, 0.1) is 35.0 Å². The summed E-state index contributed by atoms with van der Waals surface area (Å²) in [6.07, 6.45) is 0. The molecular weight excluding hydrogens is 474 g/mol. The highest BCUT2D eigenvalue weighted by Crippen LogP contribution is 2.27. The molecule has 1 amide bonds. The van der Waals surface area contributed by atoms with Crippen LogP contribution in [0.25, 0.3) is 16.6 Å². The molecule has 0 spiro atoms. The van der Waals surface area contributed by atoms with Gasteiger partial charge in [0.2, 0.25) is 5.91 Å². The van der Waals surface area contributed by atoms with Crippen molar-refractivity contribution in [2.75, 3.05) is 12.9 Å². The number of thioether (sulfide) groups is 1. The fraction of sp³-hybridized carbons (Fsp3) is 0.214. The van der Waals surface area contributed by atoms with Crippen LogP contribution in [-0.4, -0.2) is 34.3 Å². The molecule has 0 unspecified atom stereocenters. The zero-order chi connectivity index (χ0) is 25.7. The summed E-state index contributed by atoms with van der Waals surface area (Å²) in [5.41, 5.74) is 3.53. The van der Waals surface area contributed by atoms with Gasteiger partial charge >= 0.3 is 5.97 Å². The summed E-state index contributed by atoms with van der Waals surface area (Å²) < 4.78 is 6.32. The second-order valence-corrected chi connectivity index (χ2v) is 9.46. The van der Waals surface area contributed by atoms with E-state index in [4.69, 9.17) is 9.72 Å². The maximum absolute atomic E-state index is 13.6. The van der Waals surface area contributed by atoms with E-state index in [9.17, 15) is 14.4 Å². The summed E-state index contributed by atoms with van der Waals surface area (Å²) >= 11 is 1.22. The highest BCUT2D eigenvalue weighted by molar-refractivity contribution is 7.99. The van der Waals surface area contributed by atoms with E-state index in [-0.39, 0.29) is 23.1 Å². The number of carbonyl (C=O) groups is 2. The number of rotatable bonds is 8. The lowest BCUT2D eigenvalue weighted by Gasteiger charge is -2.18. The number of benzene rings is 3. The summed E-state index contributed by atoms with van der Waals surface area (Å²) in [4.78, 5) is 42.5. The first kappa shape index (κ1) is 25.2. The maximum Gasteiger partial charge on any atom is 0.337 e. The number of hydrogen-bond donors (Lipinski definition) is 1. The van der Waals surface area contributed by atoms with Gasteiger partial charge in [0.15, 0.2) is 5.16 Å². The van der Waals surface area contributed by atoms with Crippen LogP contribution in [0.4, 0.5) is 0 Å². The van der Waals surface area contributed by atoms with Crippen LogP contribution >= 0.6 is 11.8 Å². The van der Waals surface area contributed by atoms with E-state index in [0.717, 1.165) is 16.8 Å². The third kappa shape index (κ3) is 5.49. The Bertz CT molecular complexity index is 1460. The molecule has 1 aromatic heterocycles. The average Bonchev–Trinajstić information content (AvgIpc) is 2.90. The van der Waals surface area contributed by atoms with Gasteiger partial charge in [0.25, 0.3) is 5.56 Å². The number of nitrogens with one attached hydrogen (secondary N) is 1. The van der Waals surface area contributed by atoms with Crippen LogP contribution in [0, 0.1) is 0 Å². The molecule has 0 bridgehead atoms. The van der Waals surface area contributed by atoms with Crippen LogP contribution in [0.3, 0.4) is 0 Å². The van der Waals surface area contributed by atoms with Crippen LogP contribution in [0.2, 0.25) is 0 Å². The molecule has 0 fully saturated rings. The van der Waals surface area contributed by atoms with E-state index in [1.807, 2.05) is 36.4 Å². The van der Waals surface area contributed by atoms with Crippen molar-refractivity contribution in [3.05, 3.63) is 99.8 Å². The van der Waals surface area contributed by atoms with Gasteiger partial charge in [0.1, 0.15) is 0 Å². The second kappa shape index (κ2) is 11.2. The minimum atomic E-state index is -0.407. The molecule has 36 heavy (non-hydrogen) atoms. The Morgan fingerprint density at radius 3 is 2.42 bits per heavy atom. The summed E-state index contributed by atoms with van der Waals surface area (Å²) in [6.45, 7) is 4.47. The van der Waals surface area contributed by atoms with Crippen LogP contribution in [-0.2, 0) is 16.1 Å². The molecule has 184 valence electrons. The van der Waals surface area contributed by atoms with Gasteiger partial charge in [-0.2, -0.15) is 0 Å². The largest absolute Gasteiger partial charge is 0.465 e. The molecule has 0 saturated carbocycles. The van der Waals surface area contributed by atoms with Gasteiger partial charge in [-0.1, -0.05) is 68.1 Å². The summed E-state index contributed by atoms with van der Waals surface area (Å²) in [6, 6.07) is 21.9. The van der Waals surface area contributed by atoms with Crippen LogP contribution in [0.15, 0.2) is 82.7 Å². The van der Waals surface area contributed by atoms with Gasteiger partial charge in [0, 0.05) is 6.54 Å². The topological polar surface area (TPSA) is 90.3 Å². The highest BCUT2D eigenvalue weighted by Gasteiger charge is 2.18. The number of ether oxygens (including phenoxy) is 1. The minimum absolute atomic E-state index is 0.0921. The van der Waals surface area contributed by atoms with Crippen molar-refractivity contribution in [1.29, 1.82) is 0 Å². The van der Waals surface area contributed by atoms with E-state index >= 15 is 0 Å². The van der Waals surface area contributed by atoms with E-state index in [0.29, 0.717) is 28.2 Å². The summed E-state index contributed by atoms with van der Waals surface area (Å²) in [7, 11) is 1.33. The quantitative estimate of drug-likeness (QED) is 0.214. The molecule has 4 rings (SSSR count). The number of aromatic nitrogens is 2. The first-order valence-electron chi connectivity index (χ1n) is 11.6. The molecule has 0 aliphatic carbocycles. The van der Waals surface area contributed by atoms with Crippen molar-refractivity contribution in [2.45, 2.75) is 31.5 Å². The van der Waals surface area contributed by atoms with Crippen LogP contribution < -0.4 is 10.9 Å². The lowest BCUT2D eigenvalue weighted by molar-refractivity contribution is -0.118. The fourth-order valence-electron chi connectivity index (χ4n) is 3.86. The molecule has 1 heterocycles. The second-order valence-electron chi connectivity index (χ2n) is 8.52. The summed E-state index contributed by atoms with van der Waals surface area (Å²) in [5, 5.41) is 3.87. The van der Waals surface area contributed by atoms with Crippen molar-refractivity contribution < 1.29 is 14.3 Å². The zero-order valence-electron chi connectivity index (χ0n) is 20.4. The Kier molecular flexibility index (Phi) is 7.85. The Morgan fingerprint density at radius 1 is 1.00 bits per heavy atom. The highest BCUT2D eigenvalue weighted by atomic mass is 32.2. The Labute approximate surface area is 213 Å². The smallest absolute Gasteiger partial charge is 0.337 e. The number of nitrogens with zero attached hydrogens (tertiary/aromatic N) is 2. The predicted molar refractivity (Wildman–Crippen MR) is 142 cm³/mol. The normalized spacial score (nSPS) is 11.0. The van der Waals surface area contributed by atoms with Gasteiger partial charge in [-0.05, 0) is 47.4 Å². The fourth-order valence-corrected chi connectivity index (χ4v) is 4.69. The number of esters is 1. The average molecular weight is 502 g/mol. The van der Waals surface area contributed by atoms with Crippen molar-refractivity contribution in [2.24, 2.45) is 0 Å². The zero-order valence-corrected chi connectivity index (χ0v) is 21.2. The number of carbonyl (C=O) groups excluding carboxylic acids is 2. The third-order valence-corrected chi connectivity index (χ3v) is 6.68. The number of amides is 1. The van der Waals surface area contributed by atoms with Gasteiger partial charge in [-0.15, -0.1) is 0 Å². The molecule has 0 atom stereocenters. The van der Waals surface area contributed by atoms with Gasteiger partial charge in [-0.3, -0.25) is 14.2 Å². The lowest BCUT2D eigenvalue weighted by atomic mass is 10.0. The Hall–Kier alpha value is -3.91. The molecule has 0 radical (unpaired) electrons. The Morgan fingerprint density at radius 2 is 1.69 bits per heavy atom. The summed E-state index contributed by atoms with van der Waals surface area (Å²) in [5.74, 6) is -0.307. The number of para-hydroxylation sites is 2. The van der Waals surface area contributed by atoms with Crippen molar-refractivity contribution >= 4 is 34.5 Å². The first-order chi connectivity index (χ1) is 17.4. The molecule has 0 saturated heterocycles. The van der Waals surface area contributed by atoms with Crippen LogP contribution in [0.1, 0.15) is 41.3 Å². The van der Waals surface area contributed by atoms with Gasteiger partial charge in [-0.25, -0.2) is 9.78 Å². The first-order valence-corrected chi connectivity index (χ1v) is 12.6. The molecule has 7 nitrogen and oxygen atoms in total. The maximum atomic E-state index is 13.6. The predicted octanol–water partition coefficient (Wildman–Crippen LogP) is 4.70. The van der Waals surface area contributed by atoms with E-state index in [1.165, 1.54) is 18.9 Å². The monoisotopic (exact) mass is 501 g/mol. The van der Waals surface area contributed by atoms with Gasteiger partial charge < -0.3 is 10.1 Å². The number of methoxy groups -OCH3 is 1. The van der Waals surface area contributed by atoms with Crippen molar-refractivity contribution in [1.82, 2.24) is 14.9 Å². The third-order valence-electron chi connectivity index (χ3n) is 5.74. The molecule has 0 aliphatic heterocycles. The molecule has 8 heteroatoms. The standard InChI is InChI=1S/C28H27N3O4S/c1-18(2)21-8-5-7-11-24(21)31-26(33)22-9-4-6-10-23(22)30-28(31)36-17-25(32)29-16-19-12-14-20(15-13-19)27(34)35-3/h4-15,18H,16-17H2,1-3H3,(H,29,32). The van der Waals surface area contributed by atoms with E-state index in [2.05, 4.69) is 19.2 Å². The number of hydrogen-bond acceptors (Lipinski definition) is 6. The van der Waals surface area contributed by atoms with Crippen molar-refractivity contribution in [3.63, 3.8) is 0 Å². The molecular formula is C28H27N3O4S. The van der Waals surface area contributed by atoms with E-state index < -0.39 is 5.97 Å². The minimum Gasteiger partial charge on any atom is -0.465 e. The Balaban J connectivity index is 1.56.